The van der Waals surface area contributed by atoms with Crippen molar-refractivity contribution in [3.8, 4) is 17.4 Å². The SMILES string of the molecule is CC(=O)c1ccc(-c2ccc(C(=O)OC(C)C(=O)Nc3ccccc3C#N)o2)cc1. The van der Waals surface area contributed by atoms with Gasteiger partial charge < -0.3 is 14.5 Å². The molecule has 3 rings (SSSR count). The molecule has 2 aromatic carbocycles. The van der Waals surface area contributed by atoms with Crippen LogP contribution in [-0.4, -0.2) is 23.8 Å². The van der Waals surface area contributed by atoms with Crippen LogP contribution in [0.4, 0.5) is 5.69 Å². The van der Waals surface area contributed by atoms with E-state index in [0.29, 0.717) is 28.1 Å². The van der Waals surface area contributed by atoms with Crippen molar-refractivity contribution in [3.05, 3.63) is 77.6 Å². The molecule has 30 heavy (non-hydrogen) atoms. The Morgan fingerprint density at radius 2 is 1.73 bits per heavy atom. The third kappa shape index (κ3) is 4.62. The van der Waals surface area contributed by atoms with Crippen LogP contribution in [0.5, 0.6) is 0 Å². The molecule has 0 aliphatic heterocycles. The Labute approximate surface area is 172 Å². The summed E-state index contributed by atoms with van der Waals surface area (Å²) in [5.74, 6) is -1.04. The summed E-state index contributed by atoms with van der Waals surface area (Å²) in [5, 5.41) is 11.7. The van der Waals surface area contributed by atoms with E-state index in [1.54, 1.807) is 54.6 Å². The van der Waals surface area contributed by atoms with Gasteiger partial charge in [0.1, 0.15) is 11.8 Å². The Kier molecular flexibility index (Phi) is 6.08. The highest BCUT2D eigenvalue weighted by molar-refractivity contribution is 5.97. The van der Waals surface area contributed by atoms with E-state index in [1.807, 2.05) is 6.07 Å². The maximum Gasteiger partial charge on any atom is 0.375 e. The Morgan fingerprint density at radius 1 is 1.03 bits per heavy atom. The van der Waals surface area contributed by atoms with E-state index in [-0.39, 0.29) is 11.5 Å². The van der Waals surface area contributed by atoms with Crippen molar-refractivity contribution in [2.75, 3.05) is 5.32 Å². The first-order valence-electron chi connectivity index (χ1n) is 9.11. The quantitative estimate of drug-likeness (QED) is 0.489. The third-order valence-corrected chi connectivity index (χ3v) is 4.34. The van der Waals surface area contributed by atoms with Crippen molar-refractivity contribution in [1.29, 1.82) is 5.26 Å². The lowest BCUT2D eigenvalue weighted by molar-refractivity contribution is -0.123. The molecule has 0 saturated carbocycles. The molecule has 1 heterocycles. The lowest BCUT2D eigenvalue weighted by Crippen LogP contribution is -2.30. The number of anilines is 1. The molecule has 1 N–H and O–H groups in total. The van der Waals surface area contributed by atoms with E-state index in [2.05, 4.69) is 5.32 Å². The highest BCUT2D eigenvalue weighted by Gasteiger charge is 2.22. The smallest absolute Gasteiger partial charge is 0.375 e. The molecule has 1 amide bonds. The average Bonchev–Trinajstić information content (AvgIpc) is 3.24. The number of carbonyl (C=O) groups is 3. The van der Waals surface area contributed by atoms with Gasteiger partial charge in [-0.15, -0.1) is 0 Å². The number of amides is 1. The maximum atomic E-state index is 12.3. The summed E-state index contributed by atoms with van der Waals surface area (Å²) in [7, 11) is 0. The van der Waals surface area contributed by atoms with Crippen LogP contribution in [0, 0.1) is 11.3 Å². The molecule has 1 aromatic heterocycles. The van der Waals surface area contributed by atoms with Crippen LogP contribution in [0.1, 0.15) is 40.3 Å². The molecule has 1 unspecified atom stereocenters. The number of benzene rings is 2. The molecule has 0 fully saturated rings. The van der Waals surface area contributed by atoms with Crippen LogP contribution in [0.25, 0.3) is 11.3 Å². The lowest BCUT2D eigenvalue weighted by atomic mass is 10.1. The van der Waals surface area contributed by atoms with Gasteiger partial charge in [0, 0.05) is 11.1 Å². The monoisotopic (exact) mass is 402 g/mol. The highest BCUT2D eigenvalue weighted by atomic mass is 16.6. The molecule has 0 bridgehead atoms. The lowest BCUT2D eigenvalue weighted by Gasteiger charge is -2.13. The second-order valence-corrected chi connectivity index (χ2v) is 6.49. The molecule has 150 valence electrons. The van der Waals surface area contributed by atoms with Gasteiger partial charge >= 0.3 is 5.97 Å². The van der Waals surface area contributed by atoms with Crippen LogP contribution >= 0.6 is 0 Å². The number of ketones is 1. The number of nitriles is 1. The summed E-state index contributed by atoms with van der Waals surface area (Å²) >= 11 is 0. The number of esters is 1. The summed E-state index contributed by atoms with van der Waals surface area (Å²) in [5.41, 5.74) is 1.90. The third-order valence-electron chi connectivity index (χ3n) is 4.34. The Morgan fingerprint density at radius 3 is 2.40 bits per heavy atom. The maximum absolute atomic E-state index is 12.3. The fourth-order valence-electron chi connectivity index (χ4n) is 2.67. The number of rotatable bonds is 6. The van der Waals surface area contributed by atoms with E-state index >= 15 is 0 Å². The molecule has 0 aliphatic rings. The summed E-state index contributed by atoms with van der Waals surface area (Å²) in [6.07, 6.45) is -1.10. The minimum atomic E-state index is -1.10. The number of Topliss-reactive ketones (excluding diaryl/α,β-unsaturated/α-hetero) is 1. The van der Waals surface area contributed by atoms with Crippen molar-refractivity contribution in [1.82, 2.24) is 0 Å². The zero-order chi connectivity index (χ0) is 21.7. The summed E-state index contributed by atoms with van der Waals surface area (Å²) < 4.78 is 10.7. The van der Waals surface area contributed by atoms with Gasteiger partial charge in [-0.05, 0) is 38.1 Å². The number of nitrogens with zero attached hydrogens (tertiary/aromatic N) is 1. The molecule has 0 aliphatic carbocycles. The molecule has 7 nitrogen and oxygen atoms in total. The number of nitrogens with one attached hydrogen (secondary N) is 1. The molecule has 0 radical (unpaired) electrons. The van der Waals surface area contributed by atoms with Crippen LogP contribution < -0.4 is 5.32 Å². The number of furan rings is 1. The average molecular weight is 402 g/mol. The van der Waals surface area contributed by atoms with E-state index in [0.717, 1.165) is 0 Å². The largest absolute Gasteiger partial charge is 0.449 e. The molecule has 7 heteroatoms. The molecular weight excluding hydrogens is 384 g/mol. The summed E-state index contributed by atoms with van der Waals surface area (Å²) in [6.45, 7) is 2.90. The summed E-state index contributed by atoms with van der Waals surface area (Å²) in [6, 6.07) is 18.3. The van der Waals surface area contributed by atoms with Gasteiger partial charge in [-0.3, -0.25) is 9.59 Å². The molecule has 3 aromatic rings. The first kappa shape index (κ1) is 20.6. The number of hydrogen-bond acceptors (Lipinski definition) is 6. The number of para-hydroxylation sites is 1. The first-order valence-corrected chi connectivity index (χ1v) is 9.11. The zero-order valence-electron chi connectivity index (χ0n) is 16.3. The Bertz CT molecular complexity index is 1140. The molecule has 0 saturated heterocycles. The van der Waals surface area contributed by atoms with E-state index < -0.39 is 18.0 Å². The van der Waals surface area contributed by atoms with Gasteiger partial charge in [0.2, 0.25) is 5.76 Å². The van der Waals surface area contributed by atoms with Crippen molar-refractivity contribution < 1.29 is 23.5 Å². The van der Waals surface area contributed by atoms with Gasteiger partial charge in [0.15, 0.2) is 11.9 Å². The van der Waals surface area contributed by atoms with Gasteiger partial charge in [0.25, 0.3) is 5.91 Å². The van der Waals surface area contributed by atoms with Crippen LogP contribution in [0.15, 0.2) is 65.1 Å². The fraction of sp³-hybridized carbons (Fsp3) is 0.130. The van der Waals surface area contributed by atoms with Gasteiger partial charge in [-0.1, -0.05) is 36.4 Å². The predicted octanol–water partition coefficient (Wildman–Crippen LogP) is 4.20. The number of hydrogen-bond donors (Lipinski definition) is 1. The van der Waals surface area contributed by atoms with E-state index in [4.69, 9.17) is 14.4 Å². The second-order valence-electron chi connectivity index (χ2n) is 6.49. The van der Waals surface area contributed by atoms with Gasteiger partial charge in [0.05, 0.1) is 11.3 Å². The normalized spacial score (nSPS) is 11.2. The van der Waals surface area contributed by atoms with E-state index in [9.17, 15) is 14.4 Å². The van der Waals surface area contributed by atoms with Crippen molar-refractivity contribution in [3.63, 3.8) is 0 Å². The zero-order valence-corrected chi connectivity index (χ0v) is 16.3. The number of ether oxygens (including phenoxy) is 1. The van der Waals surface area contributed by atoms with Gasteiger partial charge in [-0.25, -0.2) is 4.79 Å². The summed E-state index contributed by atoms with van der Waals surface area (Å²) in [4.78, 5) is 36.0. The molecule has 1 atom stereocenters. The highest BCUT2D eigenvalue weighted by Crippen LogP contribution is 2.23. The molecular formula is C23H18N2O5. The van der Waals surface area contributed by atoms with Crippen molar-refractivity contribution in [2.45, 2.75) is 20.0 Å². The minimum absolute atomic E-state index is 0.0464. The standard InChI is InChI=1S/C23H18N2O5/c1-14(26)16-7-9-17(10-8-16)20-11-12-21(30-20)23(28)29-15(2)22(27)25-19-6-4-3-5-18(19)13-24/h3-12,15H,1-2H3,(H,25,27). The first-order chi connectivity index (χ1) is 14.4. The Balaban J connectivity index is 1.65. The number of carbonyl (C=O) groups excluding carboxylic acids is 3. The second kappa shape index (κ2) is 8.88. The van der Waals surface area contributed by atoms with Crippen LogP contribution in [-0.2, 0) is 9.53 Å². The van der Waals surface area contributed by atoms with E-state index in [1.165, 1.54) is 19.9 Å². The van der Waals surface area contributed by atoms with Crippen molar-refractivity contribution >= 4 is 23.3 Å². The van der Waals surface area contributed by atoms with Gasteiger partial charge in [-0.2, -0.15) is 5.26 Å². The van der Waals surface area contributed by atoms with Crippen LogP contribution in [0.3, 0.4) is 0 Å². The molecule has 0 spiro atoms. The van der Waals surface area contributed by atoms with Crippen LogP contribution in [0.2, 0.25) is 0 Å². The Hall–Kier alpha value is -4.18. The minimum Gasteiger partial charge on any atom is -0.449 e. The topological polar surface area (TPSA) is 109 Å². The predicted molar refractivity (Wildman–Crippen MR) is 109 cm³/mol. The fourth-order valence-corrected chi connectivity index (χ4v) is 2.67. The van der Waals surface area contributed by atoms with Crippen molar-refractivity contribution in [2.24, 2.45) is 0 Å².